The van der Waals surface area contributed by atoms with Crippen LogP contribution in [-0.2, 0) is 6.42 Å². The highest BCUT2D eigenvalue weighted by Gasteiger charge is 2.41. The zero-order valence-electron chi connectivity index (χ0n) is 14.2. The van der Waals surface area contributed by atoms with Crippen LogP contribution in [0, 0.1) is 0 Å². The SMILES string of the molecule is CN1[C@H]2CC[C@@H]1c1sc(NC(=O)Nc3ccc(Cl)cc3)c(C(N)=O)c1C2. The van der Waals surface area contributed by atoms with Crippen LogP contribution in [0.1, 0.15) is 39.7 Å². The molecule has 1 aromatic heterocycles. The number of carbonyl (C=O) groups is 2. The van der Waals surface area contributed by atoms with Crippen LogP contribution in [0.15, 0.2) is 24.3 Å². The number of nitrogens with two attached hydrogens (primary N) is 1. The first kappa shape index (κ1) is 17.3. The number of primary amides is 1. The minimum absolute atomic E-state index is 0.307. The molecule has 136 valence electrons. The zero-order valence-corrected chi connectivity index (χ0v) is 15.8. The monoisotopic (exact) mass is 390 g/mol. The molecule has 2 aromatic rings. The highest BCUT2D eigenvalue weighted by atomic mass is 35.5. The number of benzene rings is 1. The summed E-state index contributed by atoms with van der Waals surface area (Å²) in [5, 5.41) is 6.66. The Bertz CT molecular complexity index is 880. The lowest BCUT2D eigenvalue weighted by Gasteiger charge is -2.31. The fourth-order valence-electron chi connectivity index (χ4n) is 3.91. The summed E-state index contributed by atoms with van der Waals surface area (Å²) in [7, 11) is 2.12. The van der Waals surface area contributed by atoms with Crippen LogP contribution in [-0.4, -0.2) is 29.9 Å². The van der Waals surface area contributed by atoms with Crippen LogP contribution in [0.2, 0.25) is 5.02 Å². The van der Waals surface area contributed by atoms with E-state index in [1.807, 2.05) is 0 Å². The van der Waals surface area contributed by atoms with Gasteiger partial charge in [0.25, 0.3) is 5.91 Å². The Balaban J connectivity index is 1.60. The van der Waals surface area contributed by atoms with Crippen molar-refractivity contribution in [3.05, 3.63) is 45.3 Å². The summed E-state index contributed by atoms with van der Waals surface area (Å²) in [6, 6.07) is 7.16. The summed E-state index contributed by atoms with van der Waals surface area (Å²) in [4.78, 5) is 28.0. The van der Waals surface area contributed by atoms with E-state index in [0.717, 1.165) is 29.7 Å². The first-order valence-corrected chi connectivity index (χ1v) is 9.64. The van der Waals surface area contributed by atoms with Gasteiger partial charge in [0.1, 0.15) is 5.00 Å². The molecule has 0 unspecified atom stereocenters. The van der Waals surface area contributed by atoms with E-state index < -0.39 is 11.9 Å². The molecule has 3 heterocycles. The molecule has 2 aliphatic rings. The van der Waals surface area contributed by atoms with Crippen LogP contribution in [0.5, 0.6) is 0 Å². The first-order chi connectivity index (χ1) is 12.4. The number of hydrogen-bond donors (Lipinski definition) is 3. The molecule has 4 rings (SSSR count). The predicted octanol–water partition coefficient (Wildman–Crippen LogP) is 3.84. The molecular formula is C18H19ClN4O2S. The van der Waals surface area contributed by atoms with Crippen molar-refractivity contribution in [1.82, 2.24) is 4.90 Å². The van der Waals surface area contributed by atoms with E-state index in [4.69, 9.17) is 17.3 Å². The maximum atomic E-state index is 12.4. The molecule has 0 aliphatic carbocycles. The summed E-state index contributed by atoms with van der Waals surface area (Å²) in [5.41, 5.74) is 7.73. The molecule has 6 nitrogen and oxygen atoms in total. The summed E-state index contributed by atoms with van der Waals surface area (Å²) >= 11 is 7.31. The number of likely N-dealkylation sites (N-methyl/N-ethyl adjacent to an activating group) is 1. The molecule has 0 saturated carbocycles. The van der Waals surface area contributed by atoms with Gasteiger partial charge in [0.15, 0.2) is 0 Å². The van der Waals surface area contributed by atoms with Gasteiger partial charge in [-0.25, -0.2) is 4.79 Å². The normalized spacial score (nSPS) is 21.3. The molecule has 0 radical (unpaired) electrons. The number of urea groups is 1. The lowest BCUT2D eigenvalue weighted by atomic mass is 9.97. The van der Waals surface area contributed by atoms with Gasteiger partial charge in [0, 0.05) is 27.7 Å². The minimum atomic E-state index is -0.492. The van der Waals surface area contributed by atoms with E-state index in [-0.39, 0.29) is 0 Å². The second-order valence-corrected chi connectivity index (χ2v) is 8.20. The summed E-state index contributed by atoms with van der Waals surface area (Å²) in [5.74, 6) is -0.492. The Morgan fingerprint density at radius 3 is 2.65 bits per heavy atom. The van der Waals surface area contributed by atoms with Crippen LogP contribution in [0.25, 0.3) is 0 Å². The first-order valence-electron chi connectivity index (χ1n) is 8.45. The third-order valence-corrected chi connectivity index (χ3v) is 6.70. The molecule has 4 N–H and O–H groups in total. The third kappa shape index (κ3) is 2.96. The number of fused-ring (bicyclic) bond motifs is 4. The van der Waals surface area contributed by atoms with Crippen molar-refractivity contribution in [3.8, 4) is 0 Å². The molecule has 3 amide bonds. The molecular weight excluding hydrogens is 372 g/mol. The number of amides is 3. The Morgan fingerprint density at radius 1 is 1.23 bits per heavy atom. The predicted molar refractivity (Wildman–Crippen MR) is 104 cm³/mol. The molecule has 1 saturated heterocycles. The second-order valence-electron chi connectivity index (χ2n) is 6.72. The van der Waals surface area contributed by atoms with Crippen LogP contribution in [0.4, 0.5) is 15.5 Å². The van der Waals surface area contributed by atoms with Gasteiger partial charge in [-0.3, -0.25) is 15.0 Å². The minimum Gasteiger partial charge on any atom is -0.365 e. The van der Waals surface area contributed by atoms with Crippen molar-refractivity contribution in [2.45, 2.75) is 31.3 Å². The van der Waals surface area contributed by atoms with E-state index in [1.54, 1.807) is 24.3 Å². The molecule has 0 spiro atoms. The van der Waals surface area contributed by atoms with Gasteiger partial charge in [-0.05, 0) is 56.1 Å². The Hall–Kier alpha value is -2.09. The van der Waals surface area contributed by atoms with E-state index in [0.29, 0.717) is 33.4 Å². The fourth-order valence-corrected chi connectivity index (χ4v) is 5.46. The van der Waals surface area contributed by atoms with E-state index in [2.05, 4.69) is 22.6 Å². The molecule has 26 heavy (non-hydrogen) atoms. The third-order valence-electron chi connectivity index (χ3n) is 5.20. The zero-order chi connectivity index (χ0) is 18.4. The van der Waals surface area contributed by atoms with Crippen LogP contribution < -0.4 is 16.4 Å². The van der Waals surface area contributed by atoms with E-state index in [9.17, 15) is 9.59 Å². The highest BCUT2D eigenvalue weighted by molar-refractivity contribution is 7.17. The van der Waals surface area contributed by atoms with Gasteiger partial charge in [-0.1, -0.05) is 11.6 Å². The van der Waals surface area contributed by atoms with Crippen molar-refractivity contribution in [2.24, 2.45) is 5.73 Å². The smallest absolute Gasteiger partial charge is 0.324 e. The number of nitrogens with one attached hydrogen (secondary N) is 2. The van der Waals surface area contributed by atoms with Crippen molar-refractivity contribution in [2.75, 3.05) is 17.7 Å². The fraction of sp³-hybridized carbons (Fsp3) is 0.333. The van der Waals surface area contributed by atoms with Gasteiger partial charge >= 0.3 is 6.03 Å². The Morgan fingerprint density at radius 2 is 1.96 bits per heavy atom. The van der Waals surface area contributed by atoms with E-state index in [1.165, 1.54) is 11.3 Å². The van der Waals surface area contributed by atoms with Crippen molar-refractivity contribution >= 4 is 45.6 Å². The van der Waals surface area contributed by atoms with Crippen LogP contribution >= 0.6 is 22.9 Å². The standard InChI is InChI=1S/C18H19ClN4O2S/c1-23-11-6-7-13(23)15-12(8-11)14(16(20)24)17(26-15)22-18(25)21-10-4-2-9(19)3-5-10/h2-5,11,13H,6-8H2,1H3,(H2,20,24)(H2,21,22,25)/t11-,13+/m0/s1. The number of halogens is 1. The number of rotatable bonds is 3. The lowest BCUT2D eigenvalue weighted by molar-refractivity contribution is 0.0999. The van der Waals surface area contributed by atoms with Gasteiger partial charge in [0.2, 0.25) is 0 Å². The summed E-state index contributed by atoms with van der Waals surface area (Å²) < 4.78 is 0. The van der Waals surface area contributed by atoms with Gasteiger partial charge < -0.3 is 11.1 Å². The van der Waals surface area contributed by atoms with Crippen molar-refractivity contribution < 1.29 is 9.59 Å². The lowest BCUT2D eigenvalue weighted by Crippen LogP contribution is -2.34. The Kier molecular flexibility index (Phi) is 4.38. The topological polar surface area (TPSA) is 87.5 Å². The molecule has 2 atom stereocenters. The number of hydrogen-bond acceptors (Lipinski definition) is 4. The summed E-state index contributed by atoms with van der Waals surface area (Å²) in [6.45, 7) is 0. The molecule has 2 aliphatic heterocycles. The maximum Gasteiger partial charge on any atom is 0.324 e. The Labute approximate surface area is 160 Å². The van der Waals surface area contributed by atoms with Gasteiger partial charge in [0.05, 0.1) is 5.56 Å². The number of anilines is 2. The second kappa shape index (κ2) is 6.57. The van der Waals surface area contributed by atoms with Crippen molar-refractivity contribution in [3.63, 3.8) is 0 Å². The van der Waals surface area contributed by atoms with Gasteiger partial charge in [-0.15, -0.1) is 11.3 Å². The van der Waals surface area contributed by atoms with Gasteiger partial charge in [-0.2, -0.15) is 0 Å². The van der Waals surface area contributed by atoms with E-state index >= 15 is 0 Å². The number of nitrogens with zero attached hydrogens (tertiary/aromatic N) is 1. The van der Waals surface area contributed by atoms with Crippen LogP contribution in [0.3, 0.4) is 0 Å². The largest absolute Gasteiger partial charge is 0.365 e. The average Bonchev–Trinajstić information content (AvgIpc) is 3.05. The number of thiophene rings is 1. The maximum absolute atomic E-state index is 12.4. The average molecular weight is 391 g/mol. The molecule has 2 bridgehead atoms. The quantitative estimate of drug-likeness (QED) is 0.744. The molecule has 8 heteroatoms. The highest BCUT2D eigenvalue weighted by Crippen LogP contribution is 2.49. The summed E-state index contributed by atoms with van der Waals surface area (Å²) in [6.07, 6.45) is 3.00. The molecule has 1 aromatic carbocycles. The van der Waals surface area contributed by atoms with Crippen molar-refractivity contribution in [1.29, 1.82) is 0 Å². The molecule has 1 fully saturated rings. The number of carbonyl (C=O) groups excluding carboxylic acids is 2.